The minimum atomic E-state index is -1.56. The Hall–Kier alpha value is -1.86. The van der Waals surface area contributed by atoms with Crippen LogP contribution in [0.25, 0.3) is 0 Å². The van der Waals surface area contributed by atoms with E-state index in [-0.39, 0.29) is 30.3 Å². The Morgan fingerprint density at radius 3 is 2.55 bits per heavy atom. The summed E-state index contributed by atoms with van der Waals surface area (Å²) in [5.74, 6) is -0.264. The third kappa shape index (κ3) is 4.98. The number of piperidine rings is 1. The van der Waals surface area contributed by atoms with Crippen LogP contribution in [-0.2, 0) is 6.54 Å². The molecule has 0 radical (unpaired) electrons. The summed E-state index contributed by atoms with van der Waals surface area (Å²) in [6.45, 7) is 2.49. The van der Waals surface area contributed by atoms with E-state index in [4.69, 9.17) is 11.6 Å². The average molecular weight is 442 g/mol. The summed E-state index contributed by atoms with van der Waals surface area (Å²) in [7, 11) is 7.36. The molecule has 2 aromatic rings. The van der Waals surface area contributed by atoms with E-state index in [1.165, 1.54) is 18.2 Å². The molecule has 1 unspecified atom stereocenters. The van der Waals surface area contributed by atoms with E-state index < -0.39 is 22.2 Å². The van der Waals surface area contributed by atoms with Gasteiger partial charge in [-0.3, -0.25) is 4.79 Å². The van der Waals surface area contributed by atoms with Crippen LogP contribution in [0.1, 0.15) is 34.6 Å². The molecule has 1 aliphatic rings. The molecule has 1 N–H and O–H groups in total. The molecule has 3 rings (SSSR count). The number of nitrogens with one attached hydrogen (secondary N) is 1. The summed E-state index contributed by atoms with van der Waals surface area (Å²) in [4.78, 5) is 23.3. The molecule has 2 heterocycles. The number of aryl methyl sites for hydroxylation is 1. The summed E-state index contributed by atoms with van der Waals surface area (Å²) >= 11 is 5.84. The molecule has 1 aromatic carbocycles. The first-order chi connectivity index (χ1) is 14.3. The normalized spacial score (nSPS) is 21.1. The van der Waals surface area contributed by atoms with Crippen molar-refractivity contribution >= 4 is 48.9 Å². The smallest absolute Gasteiger partial charge is 0.253 e. The Morgan fingerprint density at radius 2 is 1.97 bits per heavy atom. The number of hydrogen-bond donors (Lipinski definition) is 1. The highest BCUT2D eigenvalue weighted by Crippen LogP contribution is 2.40. The van der Waals surface area contributed by atoms with Crippen molar-refractivity contribution in [1.29, 1.82) is 0 Å². The number of rotatable bonds is 5. The average Bonchev–Trinajstić information content (AvgIpc) is 2.68. The lowest BCUT2D eigenvalue weighted by Crippen LogP contribution is -2.70. The maximum absolute atomic E-state index is 16.3. The molecule has 1 amide bonds. The molecule has 1 aromatic heterocycles. The van der Waals surface area contributed by atoms with Crippen molar-refractivity contribution in [3.63, 3.8) is 0 Å². The molecule has 1 fully saturated rings. The van der Waals surface area contributed by atoms with Crippen molar-refractivity contribution in [3.05, 3.63) is 58.4 Å². The first-order valence-corrected chi connectivity index (χ1v) is 10.7. The minimum Gasteiger partial charge on any atom is -0.349 e. The van der Waals surface area contributed by atoms with Crippen LogP contribution in [0.2, 0.25) is 5.02 Å². The van der Waals surface area contributed by atoms with Crippen LogP contribution < -0.4 is 5.32 Å². The van der Waals surface area contributed by atoms with Crippen molar-refractivity contribution in [1.82, 2.24) is 20.2 Å². The lowest BCUT2D eigenvalue weighted by atomic mass is 9.45. The quantitative estimate of drug-likeness (QED) is 0.614. The molecule has 160 valence electrons. The fourth-order valence-electron chi connectivity index (χ4n) is 4.13. The van der Waals surface area contributed by atoms with Crippen LogP contribution in [0.15, 0.2) is 30.6 Å². The van der Waals surface area contributed by atoms with Gasteiger partial charge in [-0.1, -0.05) is 11.6 Å². The molecular weight excluding hydrogens is 417 g/mol. The SMILES string of the molecule is BC1(B)CC(F)(C(B)(B)NCc2ncc(C)cn2)CCN1C(=O)c1ccc(F)c(Cl)c1. The number of amides is 1. The van der Waals surface area contributed by atoms with Crippen LogP contribution >= 0.6 is 11.6 Å². The zero-order valence-corrected chi connectivity index (χ0v) is 19.4. The number of likely N-dealkylation sites (tertiary alicyclic amines) is 1. The van der Waals surface area contributed by atoms with E-state index in [1.807, 2.05) is 38.3 Å². The van der Waals surface area contributed by atoms with Crippen molar-refractivity contribution in [3.8, 4) is 0 Å². The molecule has 1 saturated heterocycles. The lowest BCUT2D eigenvalue weighted by molar-refractivity contribution is 0.0103. The van der Waals surface area contributed by atoms with Crippen molar-refractivity contribution in [2.75, 3.05) is 6.54 Å². The molecular formula is C19H25B4ClF2N4O. The molecule has 0 bridgehead atoms. The number of hydrogen-bond acceptors (Lipinski definition) is 4. The number of benzene rings is 1. The predicted molar refractivity (Wildman–Crippen MR) is 129 cm³/mol. The first-order valence-electron chi connectivity index (χ1n) is 10.3. The molecule has 12 heteroatoms. The van der Waals surface area contributed by atoms with Gasteiger partial charge in [-0.25, -0.2) is 18.7 Å². The van der Waals surface area contributed by atoms with Gasteiger partial charge < -0.3 is 10.2 Å². The molecule has 0 aliphatic carbocycles. The van der Waals surface area contributed by atoms with E-state index in [9.17, 15) is 9.18 Å². The lowest BCUT2D eigenvalue weighted by Gasteiger charge is -2.54. The Bertz CT molecular complexity index is 980. The summed E-state index contributed by atoms with van der Waals surface area (Å²) < 4.78 is 29.7. The van der Waals surface area contributed by atoms with Crippen LogP contribution in [0.3, 0.4) is 0 Å². The van der Waals surface area contributed by atoms with Gasteiger partial charge in [0.05, 0.1) is 11.6 Å². The molecule has 5 nitrogen and oxygen atoms in total. The number of halogens is 3. The van der Waals surface area contributed by atoms with Gasteiger partial charge in [-0.05, 0) is 54.2 Å². The van der Waals surface area contributed by atoms with E-state index in [0.29, 0.717) is 17.9 Å². The number of alkyl halides is 1. The maximum atomic E-state index is 16.3. The van der Waals surface area contributed by atoms with Crippen molar-refractivity contribution in [2.45, 2.75) is 42.7 Å². The van der Waals surface area contributed by atoms with E-state index in [0.717, 1.165) is 5.56 Å². The van der Waals surface area contributed by atoms with Crippen LogP contribution in [-0.4, -0.2) is 75.0 Å². The fourth-order valence-corrected chi connectivity index (χ4v) is 4.31. The predicted octanol–water partition coefficient (Wildman–Crippen LogP) is -0.848. The fraction of sp³-hybridized carbons (Fsp3) is 0.421. The summed E-state index contributed by atoms with van der Waals surface area (Å²) in [6.07, 6.45) is 3.79. The minimum absolute atomic E-state index is 0.107. The summed E-state index contributed by atoms with van der Waals surface area (Å²) in [5, 5.41) is 1.55. The largest absolute Gasteiger partial charge is 0.349 e. The van der Waals surface area contributed by atoms with E-state index in [1.54, 1.807) is 17.3 Å². The molecule has 0 saturated carbocycles. The second-order valence-corrected chi connectivity index (χ2v) is 9.85. The van der Waals surface area contributed by atoms with Gasteiger partial charge in [0.25, 0.3) is 5.91 Å². The van der Waals surface area contributed by atoms with Gasteiger partial charge in [0.2, 0.25) is 0 Å². The highest BCUT2D eigenvalue weighted by molar-refractivity contribution is 6.43. The third-order valence-electron chi connectivity index (χ3n) is 6.23. The standard InChI is InChI=1S/C19H25B4ClF2N4O/c1-11-7-27-15(28-8-11)9-29-19(22,23)17(26)4-5-30(18(20,21)10-17)16(31)12-2-3-14(25)13(24)6-12/h2-3,6-8,29H,4-5,9-10,20-23H2,1H3. The second-order valence-electron chi connectivity index (χ2n) is 9.45. The van der Waals surface area contributed by atoms with Gasteiger partial charge >= 0.3 is 0 Å². The topological polar surface area (TPSA) is 58.1 Å². The maximum Gasteiger partial charge on any atom is 0.253 e. The molecule has 1 aliphatic heterocycles. The van der Waals surface area contributed by atoms with Gasteiger partial charge in [0.1, 0.15) is 48.7 Å². The Morgan fingerprint density at radius 1 is 1.32 bits per heavy atom. The Labute approximate surface area is 190 Å². The first kappa shape index (κ1) is 23.8. The van der Waals surface area contributed by atoms with Crippen LogP contribution in [0, 0.1) is 12.7 Å². The zero-order valence-electron chi connectivity index (χ0n) is 18.6. The van der Waals surface area contributed by atoms with Crippen molar-refractivity contribution in [2.24, 2.45) is 0 Å². The van der Waals surface area contributed by atoms with E-state index >= 15 is 4.39 Å². The summed E-state index contributed by atoms with van der Waals surface area (Å²) in [6, 6.07) is 3.90. The highest BCUT2D eigenvalue weighted by atomic mass is 35.5. The van der Waals surface area contributed by atoms with Crippen LogP contribution in [0.5, 0.6) is 0 Å². The number of aromatic nitrogens is 2. The van der Waals surface area contributed by atoms with Gasteiger partial charge in [0.15, 0.2) is 0 Å². The van der Waals surface area contributed by atoms with Gasteiger partial charge in [-0.15, -0.1) is 0 Å². The number of carbonyl (C=O) groups is 1. The second kappa shape index (κ2) is 8.58. The van der Waals surface area contributed by atoms with E-state index in [2.05, 4.69) is 15.3 Å². The third-order valence-corrected chi connectivity index (χ3v) is 6.52. The molecule has 31 heavy (non-hydrogen) atoms. The number of carbonyl (C=O) groups excluding carboxylic acids is 1. The van der Waals surface area contributed by atoms with Crippen molar-refractivity contribution < 1.29 is 13.6 Å². The monoisotopic (exact) mass is 442 g/mol. The van der Waals surface area contributed by atoms with Crippen LogP contribution in [0.4, 0.5) is 8.78 Å². The highest BCUT2D eigenvalue weighted by Gasteiger charge is 2.53. The zero-order chi connectivity index (χ0) is 23.0. The van der Waals surface area contributed by atoms with Gasteiger partial charge in [-0.2, -0.15) is 0 Å². The molecule has 0 spiro atoms. The molecule has 1 atom stereocenters. The van der Waals surface area contributed by atoms with Gasteiger partial charge in [0, 0.05) is 24.5 Å². The Balaban J connectivity index is 1.74. The number of nitrogens with zero attached hydrogens (tertiary/aromatic N) is 3. The Kier molecular flexibility index (Phi) is 6.59. The summed E-state index contributed by atoms with van der Waals surface area (Å²) in [5.41, 5.74) is -0.302.